The van der Waals surface area contributed by atoms with Crippen LogP contribution in [0.15, 0.2) is 42.5 Å². The molecule has 0 atom stereocenters. The monoisotopic (exact) mass is 448 g/mol. The molecule has 2 saturated carbocycles. The standard InChI is InChI=1S/C32H45F/c1-3-5-24-7-9-25(10-8-24)11-12-26-13-16-28(17-14-26)29-18-20-30(21-19-29)31-22-15-27(6-4-2)23-32(31)33/h15,18-26,28H,3-14,16-17H2,1-2H3/t24-,25-,26-,28-. The van der Waals surface area contributed by atoms with Crippen molar-refractivity contribution in [3.63, 3.8) is 0 Å². The van der Waals surface area contributed by atoms with Crippen LogP contribution in [-0.4, -0.2) is 0 Å². The van der Waals surface area contributed by atoms with Crippen molar-refractivity contribution >= 4 is 0 Å². The second kappa shape index (κ2) is 12.2. The van der Waals surface area contributed by atoms with Gasteiger partial charge in [0.2, 0.25) is 0 Å². The molecule has 0 nitrogen and oxygen atoms in total. The Labute approximate surface area is 202 Å². The molecule has 2 aliphatic carbocycles. The van der Waals surface area contributed by atoms with E-state index in [-0.39, 0.29) is 5.82 Å². The van der Waals surface area contributed by atoms with Gasteiger partial charge in [-0.15, -0.1) is 0 Å². The molecule has 0 radical (unpaired) electrons. The number of aryl methyl sites for hydroxylation is 1. The zero-order valence-corrected chi connectivity index (χ0v) is 21.1. The molecule has 180 valence electrons. The van der Waals surface area contributed by atoms with Gasteiger partial charge in [-0.3, -0.25) is 0 Å². The molecular formula is C32H45F. The molecule has 2 fully saturated rings. The van der Waals surface area contributed by atoms with E-state index < -0.39 is 0 Å². The van der Waals surface area contributed by atoms with E-state index >= 15 is 0 Å². The van der Waals surface area contributed by atoms with E-state index in [9.17, 15) is 4.39 Å². The van der Waals surface area contributed by atoms with Crippen molar-refractivity contribution in [1.29, 1.82) is 0 Å². The Morgan fingerprint density at radius 2 is 1.24 bits per heavy atom. The quantitative estimate of drug-likeness (QED) is 0.358. The lowest BCUT2D eigenvalue weighted by atomic mass is 9.74. The zero-order valence-electron chi connectivity index (χ0n) is 21.1. The van der Waals surface area contributed by atoms with E-state index in [1.165, 1.54) is 82.6 Å². The highest BCUT2D eigenvalue weighted by atomic mass is 19.1. The van der Waals surface area contributed by atoms with Gasteiger partial charge < -0.3 is 0 Å². The fourth-order valence-corrected chi connectivity index (χ4v) is 6.64. The summed E-state index contributed by atoms with van der Waals surface area (Å²) >= 11 is 0. The van der Waals surface area contributed by atoms with E-state index in [2.05, 4.69) is 44.2 Å². The summed E-state index contributed by atoms with van der Waals surface area (Å²) in [6.07, 6.45) is 19.2. The SMILES string of the molecule is CCCc1ccc(-c2ccc([C@H]3CC[C@H](CC[C@H]4CC[C@H](CCC)CC4)CC3)cc2)c(F)c1. The Hall–Kier alpha value is -1.63. The lowest BCUT2D eigenvalue weighted by Crippen LogP contribution is -2.17. The van der Waals surface area contributed by atoms with Crippen LogP contribution in [0.5, 0.6) is 0 Å². The van der Waals surface area contributed by atoms with Crippen LogP contribution in [0.25, 0.3) is 11.1 Å². The molecule has 1 heteroatoms. The molecule has 0 N–H and O–H groups in total. The maximum atomic E-state index is 14.6. The minimum Gasteiger partial charge on any atom is -0.206 e. The van der Waals surface area contributed by atoms with Crippen LogP contribution in [0.2, 0.25) is 0 Å². The highest BCUT2D eigenvalue weighted by Crippen LogP contribution is 2.40. The van der Waals surface area contributed by atoms with E-state index in [1.54, 1.807) is 6.07 Å². The Morgan fingerprint density at radius 3 is 1.79 bits per heavy atom. The van der Waals surface area contributed by atoms with Crippen LogP contribution >= 0.6 is 0 Å². The summed E-state index contributed by atoms with van der Waals surface area (Å²) < 4.78 is 14.6. The van der Waals surface area contributed by atoms with Gasteiger partial charge in [0, 0.05) is 5.56 Å². The van der Waals surface area contributed by atoms with Gasteiger partial charge in [0.25, 0.3) is 0 Å². The fourth-order valence-electron chi connectivity index (χ4n) is 6.64. The molecule has 0 heterocycles. The van der Waals surface area contributed by atoms with Gasteiger partial charge in [0.1, 0.15) is 5.82 Å². The van der Waals surface area contributed by atoms with Crippen LogP contribution in [-0.2, 0) is 6.42 Å². The smallest absolute Gasteiger partial charge is 0.131 e. The van der Waals surface area contributed by atoms with Crippen LogP contribution in [0.1, 0.15) is 114 Å². The summed E-state index contributed by atoms with van der Waals surface area (Å²) in [5, 5.41) is 0. The van der Waals surface area contributed by atoms with Crippen molar-refractivity contribution in [2.75, 3.05) is 0 Å². The van der Waals surface area contributed by atoms with Crippen LogP contribution in [0, 0.1) is 23.6 Å². The number of benzene rings is 2. The highest BCUT2D eigenvalue weighted by molar-refractivity contribution is 5.65. The second-order valence-corrected chi connectivity index (χ2v) is 11.2. The molecule has 2 aromatic carbocycles. The maximum absolute atomic E-state index is 14.6. The normalized spacial score (nSPS) is 25.8. The van der Waals surface area contributed by atoms with Crippen molar-refractivity contribution in [3.05, 3.63) is 59.4 Å². The Morgan fingerprint density at radius 1 is 0.667 bits per heavy atom. The Kier molecular flexibility index (Phi) is 9.04. The number of halogens is 1. The average molecular weight is 449 g/mol. The molecule has 0 amide bonds. The topological polar surface area (TPSA) is 0 Å². The van der Waals surface area contributed by atoms with Gasteiger partial charge in [-0.1, -0.05) is 108 Å². The Balaban J connectivity index is 1.23. The van der Waals surface area contributed by atoms with Crippen molar-refractivity contribution in [2.45, 2.75) is 110 Å². The number of hydrogen-bond acceptors (Lipinski definition) is 0. The van der Waals surface area contributed by atoms with Crippen molar-refractivity contribution in [2.24, 2.45) is 17.8 Å². The third kappa shape index (κ3) is 6.71. The van der Waals surface area contributed by atoms with Crippen molar-refractivity contribution in [3.8, 4) is 11.1 Å². The lowest BCUT2D eigenvalue weighted by molar-refractivity contribution is 0.224. The van der Waals surface area contributed by atoms with Gasteiger partial charge in [-0.2, -0.15) is 0 Å². The molecule has 0 spiro atoms. The second-order valence-electron chi connectivity index (χ2n) is 11.2. The minimum atomic E-state index is -0.0898. The highest BCUT2D eigenvalue weighted by Gasteiger charge is 2.25. The predicted molar refractivity (Wildman–Crippen MR) is 140 cm³/mol. The molecule has 2 aliphatic rings. The first kappa shape index (κ1) is 24.5. The third-order valence-corrected chi connectivity index (χ3v) is 8.76. The number of rotatable bonds is 9. The third-order valence-electron chi connectivity index (χ3n) is 8.76. The maximum Gasteiger partial charge on any atom is 0.131 e. The molecule has 0 aromatic heterocycles. The molecule has 2 aromatic rings. The van der Waals surface area contributed by atoms with Gasteiger partial charge in [-0.05, 0) is 78.5 Å². The van der Waals surface area contributed by atoms with E-state index in [0.29, 0.717) is 5.92 Å². The first-order chi connectivity index (χ1) is 16.2. The van der Waals surface area contributed by atoms with Gasteiger partial charge in [0.15, 0.2) is 0 Å². The summed E-state index contributed by atoms with van der Waals surface area (Å²) in [5.74, 6) is 3.60. The van der Waals surface area contributed by atoms with Crippen molar-refractivity contribution < 1.29 is 4.39 Å². The average Bonchev–Trinajstić information content (AvgIpc) is 2.85. The summed E-state index contributed by atoms with van der Waals surface area (Å²) in [5.41, 5.74) is 4.28. The van der Waals surface area contributed by atoms with Crippen LogP contribution in [0.3, 0.4) is 0 Å². The largest absolute Gasteiger partial charge is 0.206 e. The lowest BCUT2D eigenvalue weighted by Gasteiger charge is -2.32. The summed E-state index contributed by atoms with van der Waals surface area (Å²) in [7, 11) is 0. The molecule has 0 aliphatic heterocycles. The molecular weight excluding hydrogens is 403 g/mol. The van der Waals surface area contributed by atoms with E-state index in [0.717, 1.165) is 47.3 Å². The first-order valence-electron chi connectivity index (χ1n) is 14.0. The minimum absolute atomic E-state index is 0.0898. The first-order valence-corrected chi connectivity index (χ1v) is 14.0. The van der Waals surface area contributed by atoms with E-state index in [4.69, 9.17) is 0 Å². The number of hydrogen-bond donors (Lipinski definition) is 0. The van der Waals surface area contributed by atoms with Gasteiger partial charge in [-0.25, -0.2) is 4.39 Å². The molecule has 0 bridgehead atoms. The van der Waals surface area contributed by atoms with E-state index in [1.807, 2.05) is 6.07 Å². The molecule has 4 rings (SSSR count). The van der Waals surface area contributed by atoms with Crippen LogP contribution in [0.4, 0.5) is 4.39 Å². The van der Waals surface area contributed by atoms with Crippen LogP contribution < -0.4 is 0 Å². The zero-order chi connectivity index (χ0) is 23.0. The molecule has 0 unspecified atom stereocenters. The summed E-state index contributed by atoms with van der Waals surface area (Å²) in [6.45, 7) is 4.47. The van der Waals surface area contributed by atoms with Gasteiger partial charge >= 0.3 is 0 Å². The molecule has 33 heavy (non-hydrogen) atoms. The Bertz CT molecular complexity index is 835. The fraction of sp³-hybridized carbons (Fsp3) is 0.625. The summed E-state index contributed by atoms with van der Waals surface area (Å²) in [6, 6.07) is 14.5. The molecule has 0 saturated heterocycles. The van der Waals surface area contributed by atoms with Crippen molar-refractivity contribution in [1.82, 2.24) is 0 Å². The summed E-state index contributed by atoms with van der Waals surface area (Å²) in [4.78, 5) is 0. The predicted octanol–water partition coefficient (Wildman–Crippen LogP) is 10.1. The van der Waals surface area contributed by atoms with Gasteiger partial charge in [0.05, 0.1) is 0 Å².